The standard InChI is InChI=1S/C13H22N2O/c1-3-4-5-6-7-11(2)15-12(16)13(10-14)8-9-13/h11H,3-9H2,1-2H3,(H,15,16). The van der Waals surface area contributed by atoms with Crippen molar-refractivity contribution >= 4 is 5.91 Å². The van der Waals surface area contributed by atoms with Crippen LogP contribution in [0.1, 0.15) is 58.8 Å². The summed E-state index contributed by atoms with van der Waals surface area (Å²) in [6.45, 7) is 4.21. The highest BCUT2D eigenvalue weighted by atomic mass is 16.2. The summed E-state index contributed by atoms with van der Waals surface area (Å²) in [5.74, 6) is -0.0574. The maximum atomic E-state index is 11.7. The number of nitriles is 1. The highest BCUT2D eigenvalue weighted by molar-refractivity contribution is 5.88. The molecule has 0 heterocycles. The van der Waals surface area contributed by atoms with Crippen LogP contribution in [0.3, 0.4) is 0 Å². The predicted octanol–water partition coefficient (Wildman–Crippen LogP) is 2.77. The molecule has 1 atom stereocenters. The van der Waals surface area contributed by atoms with E-state index in [1.54, 1.807) is 0 Å². The van der Waals surface area contributed by atoms with Crippen LogP contribution in [-0.2, 0) is 4.79 Å². The van der Waals surface area contributed by atoms with Crippen LogP contribution in [0.2, 0.25) is 0 Å². The van der Waals surface area contributed by atoms with Crippen molar-refractivity contribution in [2.45, 2.75) is 64.8 Å². The fraction of sp³-hybridized carbons (Fsp3) is 0.846. The summed E-state index contributed by atoms with van der Waals surface area (Å²) in [6.07, 6.45) is 7.39. The van der Waals surface area contributed by atoms with Crippen LogP contribution in [0.15, 0.2) is 0 Å². The average Bonchev–Trinajstić information content (AvgIpc) is 3.05. The molecule has 90 valence electrons. The van der Waals surface area contributed by atoms with Crippen molar-refractivity contribution in [1.29, 1.82) is 5.26 Å². The maximum Gasteiger partial charge on any atom is 0.240 e. The third-order valence-electron chi connectivity index (χ3n) is 3.27. The predicted molar refractivity (Wildman–Crippen MR) is 63.6 cm³/mol. The molecule has 1 rings (SSSR count). The summed E-state index contributed by atoms with van der Waals surface area (Å²) in [5.41, 5.74) is -0.669. The minimum absolute atomic E-state index is 0.0574. The Morgan fingerprint density at radius 1 is 1.44 bits per heavy atom. The quantitative estimate of drug-likeness (QED) is 0.673. The molecule has 3 heteroatoms. The first kappa shape index (κ1) is 13.0. The minimum Gasteiger partial charge on any atom is -0.352 e. The van der Waals surface area contributed by atoms with Crippen molar-refractivity contribution in [3.63, 3.8) is 0 Å². The van der Waals surface area contributed by atoms with Gasteiger partial charge in [-0.15, -0.1) is 0 Å². The first-order valence-electron chi connectivity index (χ1n) is 6.37. The lowest BCUT2D eigenvalue weighted by molar-refractivity contribution is -0.125. The zero-order valence-electron chi connectivity index (χ0n) is 10.4. The van der Waals surface area contributed by atoms with Gasteiger partial charge in [0.05, 0.1) is 6.07 Å². The molecule has 0 aromatic heterocycles. The summed E-state index contributed by atoms with van der Waals surface area (Å²) in [7, 11) is 0. The highest BCUT2D eigenvalue weighted by Crippen LogP contribution is 2.45. The molecule has 1 N–H and O–H groups in total. The van der Waals surface area contributed by atoms with Crippen molar-refractivity contribution in [2.75, 3.05) is 0 Å². The first-order chi connectivity index (χ1) is 7.64. The maximum absolute atomic E-state index is 11.7. The van der Waals surface area contributed by atoms with E-state index in [9.17, 15) is 4.79 Å². The summed E-state index contributed by atoms with van der Waals surface area (Å²) in [5, 5.41) is 11.8. The second-order valence-electron chi connectivity index (χ2n) is 4.92. The molecular weight excluding hydrogens is 200 g/mol. The van der Waals surface area contributed by atoms with Gasteiger partial charge in [-0.1, -0.05) is 32.6 Å². The third-order valence-corrected chi connectivity index (χ3v) is 3.27. The van der Waals surface area contributed by atoms with E-state index >= 15 is 0 Å². The van der Waals surface area contributed by atoms with Crippen LogP contribution < -0.4 is 5.32 Å². The number of nitrogens with zero attached hydrogens (tertiary/aromatic N) is 1. The molecule has 0 aromatic carbocycles. The number of unbranched alkanes of at least 4 members (excludes halogenated alkanes) is 3. The highest BCUT2D eigenvalue weighted by Gasteiger charge is 2.50. The number of carbonyl (C=O) groups excluding carboxylic acids is 1. The second kappa shape index (κ2) is 5.89. The Kier molecular flexibility index (Phi) is 4.79. The van der Waals surface area contributed by atoms with Crippen LogP contribution >= 0.6 is 0 Å². The Morgan fingerprint density at radius 2 is 2.12 bits per heavy atom. The van der Waals surface area contributed by atoms with Gasteiger partial charge in [-0.05, 0) is 26.2 Å². The zero-order chi connectivity index (χ0) is 12.0. The smallest absolute Gasteiger partial charge is 0.240 e. The molecule has 1 aliphatic carbocycles. The van der Waals surface area contributed by atoms with Gasteiger partial charge >= 0.3 is 0 Å². The van der Waals surface area contributed by atoms with E-state index in [4.69, 9.17) is 5.26 Å². The van der Waals surface area contributed by atoms with Crippen molar-refractivity contribution < 1.29 is 4.79 Å². The summed E-state index contributed by atoms with van der Waals surface area (Å²) in [4.78, 5) is 11.7. The lowest BCUT2D eigenvalue weighted by Gasteiger charge is -2.15. The lowest BCUT2D eigenvalue weighted by Crippen LogP contribution is -2.37. The largest absolute Gasteiger partial charge is 0.352 e. The Hall–Kier alpha value is -1.04. The van der Waals surface area contributed by atoms with Crippen LogP contribution in [0.25, 0.3) is 0 Å². The van der Waals surface area contributed by atoms with Gasteiger partial charge in [0.1, 0.15) is 5.41 Å². The Labute approximate surface area is 98.2 Å². The Bertz CT molecular complexity index is 276. The molecule has 0 radical (unpaired) electrons. The van der Waals surface area contributed by atoms with E-state index in [2.05, 4.69) is 18.3 Å². The van der Waals surface area contributed by atoms with Gasteiger partial charge in [0.15, 0.2) is 0 Å². The molecule has 16 heavy (non-hydrogen) atoms. The van der Waals surface area contributed by atoms with Crippen LogP contribution in [0.5, 0.6) is 0 Å². The van der Waals surface area contributed by atoms with Crippen molar-refractivity contribution in [3.8, 4) is 6.07 Å². The minimum atomic E-state index is -0.669. The molecule has 3 nitrogen and oxygen atoms in total. The van der Waals surface area contributed by atoms with E-state index in [-0.39, 0.29) is 11.9 Å². The molecular formula is C13H22N2O. The summed E-state index contributed by atoms with van der Waals surface area (Å²) < 4.78 is 0. The van der Waals surface area contributed by atoms with Gasteiger partial charge < -0.3 is 5.32 Å². The number of hydrogen-bond donors (Lipinski definition) is 1. The van der Waals surface area contributed by atoms with Crippen LogP contribution in [0, 0.1) is 16.7 Å². The van der Waals surface area contributed by atoms with E-state index in [1.807, 2.05) is 6.92 Å². The lowest BCUT2D eigenvalue weighted by atomic mass is 10.1. The molecule has 1 fully saturated rings. The van der Waals surface area contributed by atoms with Crippen molar-refractivity contribution in [1.82, 2.24) is 5.32 Å². The van der Waals surface area contributed by atoms with Crippen molar-refractivity contribution in [3.05, 3.63) is 0 Å². The fourth-order valence-electron chi connectivity index (χ4n) is 1.83. The SMILES string of the molecule is CCCCCCC(C)NC(=O)C1(C#N)CC1. The number of nitrogens with one attached hydrogen (secondary N) is 1. The number of hydrogen-bond acceptors (Lipinski definition) is 2. The molecule has 0 aromatic rings. The molecule has 1 amide bonds. The third kappa shape index (κ3) is 3.52. The Morgan fingerprint density at radius 3 is 2.62 bits per heavy atom. The fourth-order valence-corrected chi connectivity index (χ4v) is 1.83. The van der Waals surface area contributed by atoms with Gasteiger partial charge in [0.25, 0.3) is 0 Å². The molecule has 0 bridgehead atoms. The van der Waals surface area contributed by atoms with Gasteiger partial charge in [-0.25, -0.2) is 0 Å². The van der Waals surface area contributed by atoms with E-state index in [1.165, 1.54) is 19.3 Å². The van der Waals surface area contributed by atoms with Gasteiger partial charge in [0.2, 0.25) is 5.91 Å². The average molecular weight is 222 g/mol. The molecule has 1 saturated carbocycles. The normalized spacial score (nSPS) is 18.6. The first-order valence-corrected chi connectivity index (χ1v) is 6.37. The van der Waals surface area contributed by atoms with Crippen LogP contribution in [-0.4, -0.2) is 11.9 Å². The number of carbonyl (C=O) groups is 1. The van der Waals surface area contributed by atoms with Crippen LogP contribution in [0.4, 0.5) is 0 Å². The van der Waals surface area contributed by atoms with Crippen molar-refractivity contribution in [2.24, 2.45) is 5.41 Å². The summed E-state index contributed by atoms with van der Waals surface area (Å²) in [6, 6.07) is 2.33. The second-order valence-corrected chi connectivity index (χ2v) is 4.92. The molecule has 1 aliphatic rings. The van der Waals surface area contributed by atoms with Gasteiger partial charge in [-0.3, -0.25) is 4.79 Å². The van der Waals surface area contributed by atoms with Gasteiger partial charge in [0, 0.05) is 6.04 Å². The number of amides is 1. The van der Waals surface area contributed by atoms with Gasteiger partial charge in [-0.2, -0.15) is 5.26 Å². The molecule has 0 saturated heterocycles. The number of rotatable bonds is 7. The molecule has 1 unspecified atom stereocenters. The topological polar surface area (TPSA) is 52.9 Å². The molecule has 0 spiro atoms. The van der Waals surface area contributed by atoms with E-state index in [0.29, 0.717) is 0 Å². The summed E-state index contributed by atoms with van der Waals surface area (Å²) >= 11 is 0. The Balaban J connectivity index is 2.17. The molecule has 0 aliphatic heterocycles. The monoisotopic (exact) mass is 222 g/mol. The van der Waals surface area contributed by atoms with E-state index in [0.717, 1.165) is 25.7 Å². The van der Waals surface area contributed by atoms with E-state index < -0.39 is 5.41 Å². The zero-order valence-corrected chi connectivity index (χ0v) is 10.4.